The van der Waals surface area contributed by atoms with E-state index in [-0.39, 0.29) is 17.2 Å². The van der Waals surface area contributed by atoms with Gasteiger partial charge in [0.25, 0.3) is 0 Å². The fraction of sp³-hybridized carbons (Fsp3) is 0.500. The van der Waals surface area contributed by atoms with Crippen LogP contribution in [0.4, 0.5) is 5.95 Å². The van der Waals surface area contributed by atoms with Crippen LogP contribution < -0.4 is 10.6 Å². The Morgan fingerprint density at radius 3 is 2.46 bits per heavy atom. The quantitative estimate of drug-likeness (QED) is 0.806. The Morgan fingerprint density at radius 1 is 1.25 bits per heavy atom. The van der Waals surface area contributed by atoms with Crippen molar-refractivity contribution in [2.75, 3.05) is 18.4 Å². The van der Waals surface area contributed by atoms with Gasteiger partial charge in [-0.15, -0.1) is 5.10 Å². The van der Waals surface area contributed by atoms with Crippen LogP contribution in [0.1, 0.15) is 33.3 Å². The maximum atomic E-state index is 12.2. The summed E-state index contributed by atoms with van der Waals surface area (Å²) in [6, 6.07) is 8.24. The summed E-state index contributed by atoms with van der Waals surface area (Å²) < 4.78 is 0. The van der Waals surface area contributed by atoms with Crippen LogP contribution in [-0.4, -0.2) is 34.2 Å². The van der Waals surface area contributed by atoms with E-state index >= 15 is 0 Å². The zero-order chi connectivity index (χ0) is 17.3. The van der Waals surface area contributed by atoms with Gasteiger partial charge in [0.15, 0.2) is 5.82 Å². The number of carbonyl (C=O) groups is 1. The first-order valence-electron chi connectivity index (χ1n) is 8.39. The number of hydrogen-bond donors (Lipinski definition) is 3. The number of amides is 1. The molecule has 1 amide bonds. The van der Waals surface area contributed by atoms with Gasteiger partial charge in [-0.3, -0.25) is 15.2 Å². The Morgan fingerprint density at radius 2 is 1.92 bits per heavy atom. The minimum atomic E-state index is -0.0423. The van der Waals surface area contributed by atoms with E-state index in [0.717, 1.165) is 18.7 Å². The van der Waals surface area contributed by atoms with Crippen LogP contribution in [0.5, 0.6) is 0 Å². The number of carbonyl (C=O) groups excluding carboxylic acids is 1. The number of anilines is 1. The first-order valence-corrected chi connectivity index (χ1v) is 8.39. The van der Waals surface area contributed by atoms with Crippen LogP contribution >= 0.6 is 0 Å². The highest BCUT2D eigenvalue weighted by Gasteiger charge is 2.29. The molecule has 1 unspecified atom stereocenters. The molecule has 2 aromatic rings. The molecule has 6 nitrogen and oxygen atoms in total. The predicted octanol–water partition coefficient (Wildman–Crippen LogP) is 2.56. The molecule has 1 aliphatic heterocycles. The van der Waals surface area contributed by atoms with E-state index < -0.39 is 0 Å². The number of H-pyrrole nitrogens is 1. The van der Waals surface area contributed by atoms with E-state index in [1.807, 2.05) is 19.1 Å². The van der Waals surface area contributed by atoms with Crippen LogP contribution in [0.2, 0.25) is 0 Å². The number of nitrogens with zero attached hydrogens (tertiary/aromatic N) is 2. The minimum Gasteiger partial charge on any atom is -0.316 e. The summed E-state index contributed by atoms with van der Waals surface area (Å²) in [6.45, 7) is 10.3. The second kappa shape index (κ2) is 6.36. The Balaban J connectivity index is 1.67. The molecule has 0 aliphatic carbocycles. The highest BCUT2D eigenvalue weighted by atomic mass is 16.2. The molecule has 0 bridgehead atoms. The average molecular weight is 327 g/mol. The molecule has 0 spiro atoms. The largest absolute Gasteiger partial charge is 0.316 e. The van der Waals surface area contributed by atoms with Crippen molar-refractivity contribution in [1.29, 1.82) is 0 Å². The fourth-order valence-electron chi connectivity index (χ4n) is 2.68. The topological polar surface area (TPSA) is 82.7 Å². The van der Waals surface area contributed by atoms with Crippen molar-refractivity contribution in [3.63, 3.8) is 0 Å². The summed E-state index contributed by atoms with van der Waals surface area (Å²) in [5.74, 6) is 1.31. The molecule has 0 saturated carbocycles. The molecule has 3 rings (SSSR count). The lowest BCUT2D eigenvalue weighted by Crippen LogP contribution is -2.48. The number of aromatic amines is 1. The maximum Gasteiger partial charge on any atom is 0.249 e. The summed E-state index contributed by atoms with van der Waals surface area (Å²) >= 11 is 0. The van der Waals surface area contributed by atoms with Gasteiger partial charge in [-0.2, -0.15) is 4.98 Å². The van der Waals surface area contributed by atoms with Gasteiger partial charge in [0, 0.05) is 11.5 Å². The maximum absolute atomic E-state index is 12.2. The van der Waals surface area contributed by atoms with Gasteiger partial charge >= 0.3 is 0 Å². The lowest BCUT2D eigenvalue weighted by Gasteiger charge is -2.31. The van der Waals surface area contributed by atoms with Crippen LogP contribution in [0.25, 0.3) is 11.4 Å². The first kappa shape index (κ1) is 16.6. The van der Waals surface area contributed by atoms with Gasteiger partial charge in [0.2, 0.25) is 11.9 Å². The van der Waals surface area contributed by atoms with E-state index in [0.29, 0.717) is 17.7 Å². The van der Waals surface area contributed by atoms with Crippen molar-refractivity contribution in [3.05, 3.63) is 29.8 Å². The number of rotatable bonds is 4. The van der Waals surface area contributed by atoms with Crippen molar-refractivity contribution in [3.8, 4) is 11.4 Å². The molecule has 2 heterocycles. The Kier molecular flexibility index (Phi) is 4.41. The van der Waals surface area contributed by atoms with Gasteiger partial charge in [-0.1, -0.05) is 52.0 Å². The lowest BCUT2D eigenvalue weighted by molar-refractivity contribution is -0.121. The normalized spacial score (nSPS) is 16.5. The molecular weight excluding hydrogens is 302 g/mol. The molecule has 1 aliphatic rings. The third-order valence-corrected chi connectivity index (χ3v) is 4.68. The van der Waals surface area contributed by atoms with Crippen molar-refractivity contribution in [2.45, 2.75) is 33.1 Å². The number of aromatic nitrogens is 3. The van der Waals surface area contributed by atoms with Crippen LogP contribution in [0.3, 0.4) is 0 Å². The predicted molar refractivity (Wildman–Crippen MR) is 94.7 cm³/mol. The molecule has 24 heavy (non-hydrogen) atoms. The summed E-state index contributed by atoms with van der Waals surface area (Å²) in [5, 5.41) is 13.0. The zero-order valence-corrected chi connectivity index (χ0v) is 14.7. The van der Waals surface area contributed by atoms with Crippen molar-refractivity contribution < 1.29 is 4.79 Å². The standard InChI is InChI=1S/C18H25N5O/c1-11(13-9-19-10-13)16(24)21-17-20-15(22-23-17)12-5-7-14(8-6-12)18(2,3)4/h5-8,11,13,19H,9-10H2,1-4H3,(H2,20,21,22,23,24). The Labute approximate surface area is 142 Å². The molecule has 1 aromatic carbocycles. The third kappa shape index (κ3) is 3.48. The highest BCUT2D eigenvalue weighted by Crippen LogP contribution is 2.25. The number of benzene rings is 1. The molecular formula is C18H25N5O. The monoisotopic (exact) mass is 327 g/mol. The third-order valence-electron chi connectivity index (χ3n) is 4.68. The van der Waals surface area contributed by atoms with Crippen LogP contribution in [0.15, 0.2) is 24.3 Å². The van der Waals surface area contributed by atoms with Gasteiger partial charge < -0.3 is 5.32 Å². The SMILES string of the molecule is CC(C(=O)Nc1n[nH]c(-c2ccc(C(C)(C)C)cc2)n1)C1CNC1. The Bertz CT molecular complexity index is 710. The number of hydrogen-bond acceptors (Lipinski definition) is 4. The first-order chi connectivity index (χ1) is 11.3. The van der Waals surface area contributed by atoms with E-state index in [1.165, 1.54) is 5.56 Å². The zero-order valence-electron chi connectivity index (χ0n) is 14.7. The summed E-state index contributed by atoms with van der Waals surface area (Å²) in [6.07, 6.45) is 0. The molecule has 3 N–H and O–H groups in total. The second-order valence-electron chi connectivity index (χ2n) is 7.53. The fourth-order valence-corrected chi connectivity index (χ4v) is 2.68. The summed E-state index contributed by atoms with van der Waals surface area (Å²) in [7, 11) is 0. The van der Waals surface area contributed by atoms with E-state index in [1.54, 1.807) is 0 Å². The minimum absolute atomic E-state index is 0.0323. The van der Waals surface area contributed by atoms with Crippen LogP contribution in [-0.2, 0) is 10.2 Å². The number of nitrogens with one attached hydrogen (secondary N) is 3. The van der Waals surface area contributed by atoms with Crippen LogP contribution in [0, 0.1) is 11.8 Å². The molecule has 0 radical (unpaired) electrons. The van der Waals surface area contributed by atoms with Crippen molar-refractivity contribution >= 4 is 11.9 Å². The molecule has 128 valence electrons. The van der Waals surface area contributed by atoms with Gasteiger partial charge in [0.05, 0.1) is 0 Å². The van der Waals surface area contributed by atoms with Gasteiger partial charge in [-0.05, 0) is 30.0 Å². The summed E-state index contributed by atoms with van der Waals surface area (Å²) in [4.78, 5) is 16.6. The molecule has 1 aromatic heterocycles. The molecule has 1 saturated heterocycles. The average Bonchev–Trinajstić information content (AvgIpc) is 2.93. The van der Waals surface area contributed by atoms with E-state index in [2.05, 4.69) is 58.7 Å². The second-order valence-corrected chi connectivity index (χ2v) is 7.53. The van der Waals surface area contributed by atoms with Gasteiger partial charge in [-0.25, -0.2) is 0 Å². The highest BCUT2D eigenvalue weighted by molar-refractivity contribution is 5.91. The molecule has 1 atom stereocenters. The van der Waals surface area contributed by atoms with Crippen molar-refractivity contribution in [1.82, 2.24) is 20.5 Å². The van der Waals surface area contributed by atoms with E-state index in [4.69, 9.17) is 0 Å². The molecule has 6 heteroatoms. The summed E-state index contributed by atoms with van der Waals surface area (Å²) in [5.41, 5.74) is 2.33. The smallest absolute Gasteiger partial charge is 0.249 e. The van der Waals surface area contributed by atoms with Crippen molar-refractivity contribution in [2.24, 2.45) is 11.8 Å². The van der Waals surface area contributed by atoms with E-state index in [9.17, 15) is 4.79 Å². The van der Waals surface area contributed by atoms with Gasteiger partial charge in [0.1, 0.15) is 0 Å². The Hall–Kier alpha value is -2.21. The molecule has 1 fully saturated rings. The lowest BCUT2D eigenvalue weighted by atomic mass is 9.87.